The summed E-state index contributed by atoms with van der Waals surface area (Å²) in [5, 5.41) is 7.41. The summed E-state index contributed by atoms with van der Waals surface area (Å²) >= 11 is 0. The Hall–Kier alpha value is -1.77. The Morgan fingerprint density at radius 2 is 2.05 bits per heavy atom. The van der Waals surface area contributed by atoms with Crippen molar-refractivity contribution in [2.24, 2.45) is 0 Å². The minimum atomic E-state index is -3.62. The minimum absolute atomic E-state index is 0.186. The van der Waals surface area contributed by atoms with Gasteiger partial charge in [0.2, 0.25) is 12.3 Å². The van der Waals surface area contributed by atoms with Crippen LogP contribution in [0.5, 0.6) is 0 Å². The average molecular weight is 281 g/mol. The van der Waals surface area contributed by atoms with Gasteiger partial charge in [-0.05, 0) is 24.1 Å². The second kappa shape index (κ2) is 4.72. The predicted molar refractivity (Wildman–Crippen MR) is 65.1 cm³/mol. The molecule has 0 saturated carbocycles. The first-order chi connectivity index (χ1) is 9.14. The van der Waals surface area contributed by atoms with E-state index in [1.165, 1.54) is 6.39 Å². The molecule has 1 unspecified atom stereocenters. The van der Waals surface area contributed by atoms with Crippen LogP contribution in [0.2, 0.25) is 0 Å². The van der Waals surface area contributed by atoms with E-state index in [4.69, 9.17) is 4.42 Å². The predicted octanol–water partition coefficient (Wildman–Crippen LogP) is 1.03. The summed E-state index contributed by atoms with van der Waals surface area (Å²) in [7, 11) is -3.62. The monoisotopic (exact) mass is 281 g/mol. The van der Waals surface area contributed by atoms with Gasteiger partial charge in [-0.25, -0.2) is 0 Å². The molecule has 2 aromatic rings. The van der Waals surface area contributed by atoms with Crippen LogP contribution in [-0.2, 0) is 14.5 Å². The van der Waals surface area contributed by atoms with Crippen LogP contribution in [0.4, 0.5) is 0 Å². The summed E-state index contributed by atoms with van der Waals surface area (Å²) in [5.74, 6) is 0.430. The fourth-order valence-electron chi connectivity index (χ4n) is 1.93. The molecule has 0 radical (unpaired) electrons. The molecule has 0 spiro atoms. The van der Waals surface area contributed by atoms with Crippen LogP contribution in [0, 0.1) is 0 Å². The summed E-state index contributed by atoms with van der Waals surface area (Å²) in [4.78, 5) is 0. The first kappa shape index (κ1) is 12.3. The Labute approximate surface area is 109 Å². The molecule has 1 atom stereocenters. The maximum atomic E-state index is 11.3. The lowest BCUT2D eigenvalue weighted by molar-refractivity contribution is 0.257. The molecule has 1 aliphatic rings. The van der Waals surface area contributed by atoms with Gasteiger partial charge in [-0.2, -0.15) is 13.1 Å². The van der Waals surface area contributed by atoms with E-state index in [0.717, 1.165) is 11.1 Å². The van der Waals surface area contributed by atoms with Gasteiger partial charge >= 0.3 is 10.3 Å². The Balaban J connectivity index is 1.83. The summed E-state index contributed by atoms with van der Waals surface area (Å²) in [6, 6.07) is 7.02. The molecule has 0 aliphatic carbocycles. The maximum Gasteiger partial charge on any atom is 0.336 e. The first-order valence-corrected chi connectivity index (χ1v) is 7.08. The van der Waals surface area contributed by atoms with Gasteiger partial charge < -0.3 is 4.42 Å². The third-order valence-electron chi connectivity index (χ3n) is 2.85. The maximum absolute atomic E-state index is 11.3. The number of aromatic nitrogens is 2. The molecule has 19 heavy (non-hydrogen) atoms. The van der Waals surface area contributed by atoms with Crippen molar-refractivity contribution in [3.8, 4) is 11.5 Å². The largest absolute Gasteiger partial charge is 0.423 e. The van der Waals surface area contributed by atoms with Gasteiger partial charge in [0, 0.05) is 5.56 Å². The molecule has 2 heterocycles. The van der Waals surface area contributed by atoms with E-state index >= 15 is 0 Å². The smallest absolute Gasteiger partial charge is 0.336 e. The Morgan fingerprint density at radius 3 is 2.68 bits per heavy atom. The summed E-state index contributed by atoms with van der Waals surface area (Å²) < 4.78 is 34.8. The highest BCUT2D eigenvalue weighted by atomic mass is 32.2. The number of hydrogen-bond donors (Lipinski definition) is 1. The third kappa shape index (κ3) is 2.65. The van der Waals surface area contributed by atoms with E-state index in [1.54, 1.807) is 0 Å². The van der Waals surface area contributed by atoms with Crippen LogP contribution < -0.4 is 4.72 Å². The molecule has 8 heteroatoms. The molecule has 1 saturated heterocycles. The molecule has 1 aromatic heterocycles. The van der Waals surface area contributed by atoms with Crippen LogP contribution >= 0.6 is 0 Å². The van der Waals surface area contributed by atoms with Crippen molar-refractivity contribution < 1.29 is 17.0 Å². The Bertz CT molecular complexity index is 652. The number of rotatable bonds is 2. The minimum Gasteiger partial charge on any atom is -0.423 e. The zero-order valence-corrected chi connectivity index (χ0v) is 10.6. The average Bonchev–Trinajstić information content (AvgIpc) is 2.92. The molecular weight excluding hydrogens is 270 g/mol. The molecule has 3 rings (SSSR count). The van der Waals surface area contributed by atoms with E-state index in [2.05, 4.69) is 19.1 Å². The Morgan fingerprint density at radius 1 is 1.26 bits per heavy atom. The number of hydrogen-bond acceptors (Lipinski definition) is 6. The molecule has 1 fully saturated rings. The van der Waals surface area contributed by atoms with Gasteiger partial charge in [0.15, 0.2) is 0 Å². The lowest BCUT2D eigenvalue weighted by atomic mass is 10.0. The molecular formula is C11H11N3O4S. The van der Waals surface area contributed by atoms with Gasteiger partial charge in [0.05, 0.1) is 12.6 Å². The van der Waals surface area contributed by atoms with Crippen molar-refractivity contribution in [1.82, 2.24) is 14.9 Å². The standard InChI is InChI=1S/C11H11N3O4S/c15-19(16)14-10(5-6-18-19)8-1-3-9(4-2-8)11-13-12-7-17-11/h1-4,7,10,14H,5-6H2. The van der Waals surface area contributed by atoms with Gasteiger partial charge in [-0.1, -0.05) is 12.1 Å². The zero-order valence-electron chi connectivity index (χ0n) is 9.81. The molecule has 1 aliphatic heterocycles. The number of nitrogens with one attached hydrogen (secondary N) is 1. The lowest BCUT2D eigenvalue weighted by Crippen LogP contribution is -2.36. The quantitative estimate of drug-likeness (QED) is 0.883. The molecule has 7 nitrogen and oxygen atoms in total. The third-order valence-corrected chi connectivity index (χ3v) is 3.90. The van der Waals surface area contributed by atoms with Crippen LogP contribution in [0.3, 0.4) is 0 Å². The molecule has 1 aromatic carbocycles. The summed E-state index contributed by atoms with van der Waals surface area (Å²) in [5.41, 5.74) is 1.66. The van der Waals surface area contributed by atoms with Gasteiger partial charge in [0.25, 0.3) is 0 Å². The second-order valence-electron chi connectivity index (χ2n) is 4.10. The first-order valence-electron chi connectivity index (χ1n) is 5.67. The van der Waals surface area contributed by atoms with E-state index in [1.807, 2.05) is 24.3 Å². The van der Waals surface area contributed by atoms with Crippen LogP contribution in [0.15, 0.2) is 35.1 Å². The Kier molecular flexibility index (Phi) is 3.05. The highest BCUT2D eigenvalue weighted by Crippen LogP contribution is 2.24. The fourth-order valence-corrected chi connectivity index (χ4v) is 2.92. The van der Waals surface area contributed by atoms with Crippen molar-refractivity contribution in [2.45, 2.75) is 12.5 Å². The number of nitrogens with zero attached hydrogens (tertiary/aromatic N) is 2. The van der Waals surface area contributed by atoms with Crippen molar-refractivity contribution in [2.75, 3.05) is 6.61 Å². The SMILES string of the molecule is O=S1(=O)NC(c2ccc(-c3nnco3)cc2)CCO1. The molecule has 100 valence electrons. The molecule has 1 N–H and O–H groups in total. The van der Waals surface area contributed by atoms with Crippen LogP contribution in [-0.4, -0.2) is 25.2 Å². The molecule has 0 amide bonds. The van der Waals surface area contributed by atoms with Gasteiger partial charge in [0.1, 0.15) is 0 Å². The van der Waals surface area contributed by atoms with Crippen LogP contribution in [0.25, 0.3) is 11.5 Å². The van der Waals surface area contributed by atoms with E-state index in [-0.39, 0.29) is 12.6 Å². The van der Waals surface area contributed by atoms with Crippen molar-refractivity contribution in [3.05, 3.63) is 36.2 Å². The summed E-state index contributed by atoms with van der Waals surface area (Å²) in [6.45, 7) is 0.186. The van der Waals surface area contributed by atoms with Gasteiger partial charge in [-0.3, -0.25) is 4.18 Å². The van der Waals surface area contributed by atoms with Crippen molar-refractivity contribution in [1.29, 1.82) is 0 Å². The highest BCUT2D eigenvalue weighted by Gasteiger charge is 2.25. The lowest BCUT2D eigenvalue weighted by Gasteiger charge is -2.23. The fraction of sp³-hybridized carbons (Fsp3) is 0.273. The van der Waals surface area contributed by atoms with Crippen LogP contribution in [0.1, 0.15) is 18.0 Å². The van der Waals surface area contributed by atoms with E-state index in [0.29, 0.717) is 12.3 Å². The second-order valence-corrected chi connectivity index (χ2v) is 5.48. The zero-order chi connectivity index (χ0) is 13.3. The highest BCUT2D eigenvalue weighted by molar-refractivity contribution is 7.84. The topological polar surface area (TPSA) is 94.3 Å². The normalized spacial score (nSPS) is 22.2. The van der Waals surface area contributed by atoms with Crippen molar-refractivity contribution >= 4 is 10.3 Å². The van der Waals surface area contributed by atoms with Gasteiger partial charge in [-0.15, -0.1) is 10.2 Å². The van der Waals surface area contributed by atoms with E-state index in [9.17, 15) is 8.42 Å². The molecule has 0 bridgehead atoms. The summed E-state index contributed by atoms with van der Waals surface area (Å²) in [6.07, 6.45) is 1.86. The number of benzene rings is 1. The van der Waals surface area contributed by atoms with E-state index < -0.39 is 10.3 Å². The van der Waals surface area contributed by atoms with Crippen molar-refractivity contribution in [3.63, 3.8) is 0 Å².